The molecule has 1 fully saturated rings. The van der Waals surface area contributed by atoms with Gasteiger partial charge in [-0.3, -0.25) is 38.8 Å². The van der Waals surface area contributed by atoms with Crippen LogP contribution in [0.5, 0.6) is 0 Å². The molecule has 1 saturated heterocycles. The Kier molecular flexibility index (Phi) is 11.3. The van der Waals surface area contributed by atoms with Gasteiger partial charge < -0.3 is 20.4 Å². The fraction of sp³-hybridized carbons (Fsp3) is 0.778. The standard InChI is InChI=1S/C18H32N4O8/c1-2-14(22(12-17(27)28)13-18(29)30)9-19-3-5-20(10-15(23)24)7-8-21(6-4-19)11-16(25)26/h14H,2-13H2,1H3,(H,23,24)(H,25,26)(H,27,28)(H,29,30). The zero-order chi connectivity index (χ0) is 22.7. The summed E-state index contributed by atoms with van der Waals surface area (Å²) in [6.45, 7) is 3.95. The SMILES string of the molecule is CCC(CN1CCN(CC(=O)O)CCN(CC(=O)O)CC1)N(CC(=O)O)CC(=O)O. The summed E-state index contributed by atoms with van der Waals surface area (Å²) in [5.74, 6) is -4.16. The zero-order valence-corrected chi connectivity index (χ0v) is 17.3. The molecule has 0 radical (unpaired) electrons. The van der Waals surface area contributed by atoms with E-state index in [0.717, 1.165) is 0 Å². The van der Waals surface area contributed by atoms with Crippen molar-refractivity contribution in [1.82, 2.24) is 19.6 Å². The van der Waals surface area contributed by atoms with Crippen LogP contribution in [0, 0.1) is 0 Å². The molecule has 30 heavy (non-hydrogen) atoms. The van der Waals surface area contributed by atoms with Crippen molar-refractivity contribution >= 4 is 23.9 Å². The molecule has 1 atom stereocenters. The summed E-state index contributed by atoms with van der Waals surface area (Å²) >= 11 is 0. The molecule has 1 unspecified atom stereocenters. The summed E-state index contributed by atoms with van der Waals surface area (Å²) in [5.41, 5.74) is 0. The normalized spacial score (nSPS) is 18.3. The number of nitrogens with zero attached hydrogens (tertiary/aromatic N) is 4. The molecule has 4 N–H and O–H groups in total. The third kappa shape index (κ3) is 10.5. The quantitative estimate of drug-likeness (QED) is 0.278. The number of hydrogen-bond acceptors (Lipinski definition) is 8. The average Bonchev–Trinajstić information content (AvgIpc) is 2.70. The molecule has 172 valence electrons. The lowest BCUT2D eigenvalue weighted by molar-refractivity contribution is -0.143. The Morgan fingerprint density at radius 2 is 1.07 bits per heavy atom. The van der Waals surface area contributed by atoms with Gasteiger partial charge in [0.05, 0.1) is 26.2 Å². The van der Waals surface area contributed by atoms with Gasteiger partial charge in [-0.05, 0) is 6.42 Å². The number of rotatable bonds is 12. The molecular weight excluding hydrogens is 400 g/mol. The molecule has 0 spiro atoms. The maximum atomic E-state index is 11.2. The third-order valence-electron chi connectivity index (χ3n) is 5.05. The fourth-order valence-electron chi connectivity index (χ4n) is 3.53. The van der Waals surface area contributed by atoms with E-state index in [1.54, 1.807) is 9.80 Å². The second-order valence-electron chi connectivity index (χ2n) is 7.39. The van der Waals surface area contributed by atoms with Gasteiger partial charge in [0.15, 0.2) is 0 Å². The van der Waals surface area contributed by atoms with Gasteiger partial charge in [-0.1, -0.05) is 6.92 Å². The minimum absolute atomic E-state index is 0.157. The number of aliphatic carboxylic acids is 4. The van der Waals surface area contributed by atoms with Crippen molar-refractivity contribution in [2.75, 3.05) is 72.0 Å². The second-order valence-corrected chi connectivity index (χ2v) is 7.39. The van der Waals surface area contributed by atoms with Crippen LogP contribution in [0.1, 0.15) is 13.3 Å². The molecule has 0 aromatic heterocycles. The first-order chi connectivity index (χ1) is 14.1. The molecule has 12 heteroatoms. The lowest BCUT2D eigenvalue weighted by atomic mass is 10.1. The van der Waals surface area contributed by atoms with E-state index in [9.17, 15) is 19.2 Å². The van der Waals surface area contributed by atoms with E-state index in [1.165, 1.54) is 4.90 Å². The van der Waals surface area contributed by atoms with Crippen LogP contribution in [-0.2, 0) is 19.2 Å². The molecule has 1 aliphatic heterocycles. The third-order valence-corrected chi connectivity index (χ3v) is 5.05. The van der Waals surface area contributed by atoms with Gasteiger partial charge in [0.2, 0.25) is 0 Å². The van der Waals surface area contributed by atoms with Gasteiger partial charge >= 0.3 is 23.9 Å². The van der Waals surface area contributed by atoms with Crippen molar-refractivity contribution < 1.29 is 39.6 Å². The van der Waals surface area contributed by atoms with E-state index in [1.807, 2.05) is 11.8 Å². The summed E-state index contributed by atoms with van der Waals surface area (Å²) < 4.78 is 0. The summed E-state index contributed by atoms with van der Waals surface area (Å²) in [7, 11) is 0. The van der Waals surface area contributed by atoms with Crippen LogP contribution in [0.3, 0.4) is 0 Å². The molecule has 0 aliphatic carbocycles. The molecule has 0 aromatic rings. The van der Waals surface area contributed by atoms with Gasteiger partial charge in [-0.2, -0.15) is 0 Å². The van der Waals surface area contributed by atoms with Crippen molar-refractivity contribution in [2.45, 2.75) is 19.4 Å². The fourth-order valence-corrected chi connectivity index (χ4v) is 3.53. The van der Waals surface area contributed by atoms with Gasteiger partial charge in [0.25, 0.3) is 0 Å². The van der Waals surface area contributed by atoms with Gasteiger partial charge in [0.1, 0.15) is 0 Å². The number of hydrogen-bond donors (Lipinski definition) is 4. The first-order valence-electron chi connectivity index (χ1n) is 9.89. The first-order valence-corrected chi connectivity index (χ1v) is 9.89. The van der Waals surface area contributed by atoms with Crippen molar-refractivity contribution in [3.63, 3.8) is 0 Å². The van der Waals surface area contributed by atoms with Gasteiger partial charge in [-0.25, -0.2) is 0 Å². The molecule has 12 nitrogen and oxygen atoms in total. The summed E-state index contributed by atoms with van der Waals surface area (Å²) in [5, 5.41) is 36.5. The zero-order valence-electron chi connectivity index (χ0n) is 17.3. The van der Waals surface area contributed by atoms with E-state index in [2.05, 4.69) is 0 Å². The highest BCUT2D eigenvalue weighted by molar-refractivity contribution is 5.72. The lowest BCUT2D eigenvalue weighted by Gasteiger charge is -2.34. The molecule has 0 saturated carbocycles. The second kappa shape index (κ2) is 13.1. The van der Waals surface area contributed by atoms with E-state index in [4.69, 9.17) is 20.4 Å². The molecule has 0 amide bonds. The summed E-state index contributed by atoms with van der Waals surface area (Å²) in [6, 6.07) is -0.321. The topological polar surface area (TPSA) is 162 Å². The molecule has 1 rings (SSSR count). The molecule has 1 aliphatic rings. The maximum Gasteiger partial charge on any atom is 0.317 e. The smallest absolute Gasteiger partial charge is 0.317 e. The van der Waals surface area contributed by atoms with E-state index in [0.29, 0.717) is 52.2 Å². The predicted molar refractivity (Wildman–Crippen MR) is 106 cm³/mol. The molecule has 1 heterocycles. The predicted octanol–water partition coefficient (Wildman–Crippen LogP) is -1.67. The Hall–Kier alpha value is -2.28. The maximum absolute atomic E-state index is 11.2. The van der Waals surface area contributed by atoms with Crippen LogP contribution in [0.15, 0.2) is 0 Å². The van der Waals surface area contributed by atoms with Crippen LogP contribution in [0.2, 0.25) is 0 Å². The highest BCUT2D eigenvalue weighted by Crippen LogP contribution is 2.09. The highest BCUT2D eigenvalue weighted by Gasteiger charge is 2.26. The Balaban J connectivity index is 2.91. The Morgan fingerprint density at radius 3 is 1.37 bits per heavy atom. The van der Waals surface area contributed by atoms with Crippen LogP contribution < -0.4 is 0 Å². The van der Waals surface area contributed by atoms with Crippen LogP contribution >= 0.6 is 0 Å². The van der Waals surface area contributed by atoms with E-state index in [-0.39, 0.29) is 19.1 Å². The van der Waals surface area contributed by atoms with Gasteiger partial charge in [-0.15, -0.1) is 0 Å². The summed E-state index contributed by atoms with van der Waals surface area (Å²) in [6.07, 6.45) is 0.536. The highest BCUT2D eigenvalue weighted by atomic mass is 16.4. The Morgan fingerprint density at radius 1 is 0.700 bits per heavy atom. The molecule has 0 bridgehead atoms. The van der Waals surface area contributed by atoms with Gasteiger partial charge in [0, 0.05) is 51.9 Å². The van der Waals surface area contributed by atoms with Crippen molar-refractivity contribution in [3.8, 4) is 0 Å². The van der Waals surface area contributed by atoms with E-state index >= 15 is 0 Å². The Bertz CT molecular complexity index is 559. The minimum Gasteiger partial charge on any atom is -0.480 e. The average molecular weight is 432 g/mol. The first kappa shape index (κ1) is 25.8. The van der Waals surface area contributed by atoms with Crippen molar-refractivity contribution in [1.29, 1.82) is 0 Å². The van der Waals surface area contributed by atoms with Crippen LogP contribution in [0.4, 0.5) is 0 Å². The van der Waals surface area contributed by atoms with Crippen molar-refractivity contribution in [3.05, 3.63) is 0 Å². The number of carboxylic acids is 4. The summed E-state index contributed by atoms with van der Waals surface area (Å²) in [4.78, 5) is 51.5. The number of carboxylic acid groups (broad SMARTS) is 4. The number of carbonyl (C=O) groups is 4. The van der Waals surface area contributed by atoms with Crippen LogP contribution in [-0.4, -0.2) is 142 Å². The van der Waals surface area contributed by atoms with E-state index < -0.39 is 37.0 Å². The monoisotopic (exact) mass is 432 g/mol. The van der Waals surface area contributed by atoms with Crippen LogP contribution in [0.25, 0.3) is 0 Å². The largest absolute Gasteiger partial charge is 0.480 e. The Labute approximate surface area is 175 Å². The minimum atomic E-state index is -1.11. The molecular formula is C18H32N4O8. The lowest BCUT2D eigenvalue weighted by Crippen LogP contribution is -2.49. The van der Waals surface area contributed by atoms with Crippen molar-refractivity contribution in [2.24, 2.45) is 0 Å². The molecule has 0 aromatic carbocycles.